The van der Waals surface area contributed by atoms with E-state index < -0.39 is 5.97 Å². The molecular weight excluding hydrogens is 352 g/mol. The summed E-state index contributed by atoms with van der Waals surface area (Å²) in [4.78, 5) is 34.3. The summed E-state index contributed by atoms with van der Waals surface area (Å²) < 4.78 is 4.78. The van der Waals surface area contributed by atoms with Gasteiger partial charge in [-0.05, 0) is 45.3 Å². The number of likely N-dealkylation sites (tertiary alicyclic amines) is 1. The summed E-state index contributed by atoms with van der Waals surface area (Å²) in [5, 5.41) is 5.37. The maximum atomic E-state index is 12.6. The molecule has 0 atom stereocenters. The van der Waals surface area contributed by atoms with Gasteiger partial charge in [0.1, 0.15) is 5.69 Å². The van der Waals surface area contributed by atoms with E-state index in [2.05, 4.69) is 20.2 Å². The second-order valence-electron chi connectivity index (χ2n) is 6.55. The van der Waals surface area contributed by atoms with Gasteiger partial charge in [-0.1, -0.05) is 6.42 Å². The van der Waals surface area contributed by atoms with Gasteiger partial charge in [-0.3, -0.25) is 15.0 Å². The first-order valence-corrected chi connectivity index (χ1v) is 9.63. The van der Waals surface area contributed by atoms with Crippen molar-refractivity contribution in [3.8, 4) is 0 Å². The lowest BCUT2D eigenvalue weighted by molar-refractivity contribution is 0.0599. The molecule has 7 nitrogen and oxygen atoms in total. The summed E-state index contributed by atoms with van der Waals surface area (Å²) in [6.45, 7) is 6.51. The normalized spacial score (nSPS) is 15.0. The number of nitrogens with one attached hydrogen (secondary N) is 2. The highest BCUT2D eigenvalue weighted by Gasteiger charge is 2.23. The molecule has 0 aliphatic carbocycles. The molecule has 1 aliphatic rings. The lowest BCUT2D eigenvalue weighted by Gasteiger charge is -2.25. The van der Waals surface area contributed by atoms with Crippen molar-refractivity contribution in [3.63, 3.8) is 0 Å². The fraction of sp³-hybridized carbons (Fsp3) is 0.500. The van der Waals surface area contributed by atoms with Crippen LogP contribution in [0.4, 0.5) is 5.13 Å². The summed E-state index contributed by atoms with van der Waals surface area (Å²) in [5.41, 5.74) is 2.93. The van der Waals surface area contributed by atoms with E-state index in [4.69, 9.17) is 4.74 Å². The van der Waals surface area contributed by atoms with Crippen molar-refractivity contribution < 1.29 is 14.3 Å². The Hall–Kier alpha value is -2.19. The highest BCUT2D eigenvalue weighted by atomic mass is 32.1. The standard InChI is InChI=1S/C18H24N4O3S/c1-11-14(17(24)25-3)12(2)19-15(11)16(23)21-18-20-13(10-26-18)9-22-7-5-4-6-8-22/h10,19H,4-9H2,1-3H3,(H,20,21,23). The van der Waals surface area contributed by atoms with Crippen LogP contribution in [0, 0.1) is 13.8 Å². The van der Waals surface area contributed by atoms with Crippen LogP contribution in [0.3, 0.4) is 0 Å². The predicted molar refractivity (Wildman–Crippen MR) is 101 cm³/mol. The molecule has 0 aromatic carbocycles. The van der Waals surface area contributed by atoms with Crippen LogP contribution >= 0.6 is 11.3 Å². The van der Waals surface area contributed by atoms with Crippen molar-refractivity contribution in [1.29, 1.82) is 0 Å². The highest BCUT2D eigenvalue weighted by Crippen LogP contribution is 2.22. The van der Waals surface area contributed by atoms with E-state index in [9.17, 15) is 9.59 Å². The molecule has 1 saturated heterocycles. The number of anilines is 1. The van der Waals surface area contributed by atoms with Gasteiger partial charge in [0.2, 0.25) is 0 Å². The van der Waals surface area contributed by atoms with Crippen LogP contribution in [-0.2, 0) is 11.3 Å². The smallest absolute Gasteiger partial charge is 0.339 e. The molecule has 0 saturated carbocycles. The third kappa shape index (κ3) is 3.96. The van der Waals surface area contributed by atoms with Crippen molar-refractivity contribution in [1.82, 2.24) is 14.9 Å². The molecule has 140 valence electrons. The van der Waals surface area contributed by atoms with Crippen molar-refractivity contribution in [2.75, 3.05) is 25.5 Å². The molecule has 0 unspecified atom stereocenters. The Morgan fingerprint density at radius 1 is 1.31 bits per heavy atom. The number of rotatable bonds is 5. The number of aryl methyl sites for hydroxylation is 1. The Morgan fingerprint density at radius 2 is 2.04 bits per heavy atom. The number of ether oxygens (including phenoxy) is 1. The largest absolute Gasteiger partial charge is 0.465 e. The average molecular weight is 376 g/mol. The van der Waals surface area contributed by atoms with E-state index in [0.717, 1.165) is 25.3 Å². The van der Waals surface area contributed by atoms with Crippen LogP contribution in [0.1, 0.15) is 57.1 Å². The molecular formula is C18H24N4O3S. The van der Waals surface area contributed by atoms with E-state index in [1.807, 2.05) is 5.38 Å². The Bertz CT molecular complexity index is 805. The van der Waals surface area contributed by atoms with Crippen LogP contribution < -0.4 is 5.32 Å². The van der Waals surface area contributed by atoms with Crippen LogP contribution in [0.25, 0.3) is 0 Å². The number of hydrogen-bond donors (Lipinski definition) is 2. The summed E-state index contributed by atoms with van der Waals surface area (Å²) in [6, 6.07) is 0. The van der Waals surface area contributed by atoms with Gasteiger partial charge < -0.3 is 9.72 Å². The van der Waals surface area contributed by atoms with Crippen LogP contribution in [-0.4, -0.2) is 46.9 Å². The molecule has 2 N–H and O–H groups in total. The van der Waals surface area contributed by atoms with Gasteiger partial charge in [-0.25, -0.2) is 9.78 Å². The quantitative estimate of drug-likeness (QED) is 0.783. The minimum absolute atomic E-state index is 0.306. The maximum absolute atomic E-state index is 12.6. The van der Waals surface area contributed by atoms with Gasteiger partial charge in [0.15, 0.2) is 5.13 Å². The highest BCUT2D eigenvalue weighted by molar-refractivity contribution is 7.13. The van der Waals surface area contributed by atoms with Crippen molar-refractivity contribution in [3.05, 3.63) is 33.6 Å². The zero-order chi connectivity index (χ0) is 18.7. The van der Waals surface area contributed by atoms with Gasteiger partial charge in [0, 0.05) is 17.6 Å². The predicted octanol–water partition coefficient (Wildman–Crippen LogP) is 3.11. The fourth-order valence-corrected chi connectivity index (χ4v) is 4.03. The van der Waals surface area contributed by atoms with E-state index >= 15 is 0 Å². The molecule has 3 heterocycles. The van der Waals surface area contributed by atoms with Crippen LogP contribution in [0.5, 0.6) is 0 Å². The fourth-order valence-electron chi connectivity index (χ4n) is 3.33. The number of piperidine rings is 1. The SMILES string of the molecule is COC(=O)c1c(C)[nH]c(C(=O)Nc2nc(CN3CCCCC3)cs2)c1C. The van der Waals surface area contributed by atoms with Crippen LogP contribution in [0.15, 0.2) is 5.38 Å². The second-order valence-corrected chi connectivity index (χ2v) is 7.41. The number of thiazole rings is 1. The van der Waals surface area contributed by atoms with Crippen molar-refractivity contribution in [2.24, 2.45) is 0 Å². The lowest BCUT2D eigenvalue weighted by Crippen LogP contribution is -2.29. The number of methoxy groups -OCH3 is 1. The maximum Gasteiger partial charge on any atom is 0.339 e. The van der Waals surface area contributed by atoms with Gasteiger partial charge in [0.05, 0.1) is 18.4 Å². The Kier molecular flexibility index (Phi) is 5.73. The second kappa shape index (κ2) is 8.01. The number of carbonyl (C=O) groups is 2. The summed E-state index contributed by atoms with van der Waals surface area (Å²) >= 11 is 1.41. The molecule has 2 aromatic rings. The average Bonchev–Trinajstić information content (AvgIpc) is 3.19. The minimum atomic E-state index is -0.451. The first-order chi connectivity index (χ1) is 12.5. The number of aromatic nitrogens is 2. The van der Waals surface area contributed by atoms with E-state index in [1.165, 1.54) is 37.7 Å². The molecule has 0 bridgehead atoms. The number of hydrogen-bond acceptors (Lipinski definition) is 6. The topological polar surface area (TPSA) is 87.3 Å². The Balaban J connectivity index is 1.68. The number of nitrogens with zero attached hydrogens (tertiary/aromatic N) is 2. The molecule has 3 rings (SSSR count). The summed E-state index contributed by atoms with van der Waals surface area (Å²) in [7, 11) is 1.33. The zero-order valence-corrected chi connectivity index (χ0v) is 16.2. The Morgan fingerprint density at radius 3 is 2.73 bits per heavy atom. The third-order valence-electron chi connectivity index (χ3n) is 4.66. The van der Waals surface area contributed by atoms with Crippen LogP contribution in [0.2, 0.25) is 0 Å². The first kappa shape index (κ1) is 18.6. The molecule has 2 aromatic heterocycles. The van der Waals surface area contributed by atoms with Gasteiger partial charge >= 0.3 is 5.97 Å². The van der Waals surface area contributed by atoms with E-state index in [-0.39, 0.29) is 5.91 Å². The van der Waals surface area contributed by atoms with E-state index in [1.54, 1.807) is 13.8 Å². The van der Waals surface area contributed by atoms with E-state index in [0.29, 0.717) is 27.6 Å². The Labute approximate surface area is 156 Å². The van der Waals surface area contributed by atoms with Gasteiger partial charge in [-0.15, -0.1) is 11.3 Å². The molecule has 8 heteroatoms. The summed E-state index contributed by atoms with van der Waals surface area (Å²) in [5.74, 6) is -0.756. The number of esters is 1. The number of carbonyl (C=O) groups excluding carboxylic acids is 2. The molecule has 1 amide bonds. The number of H-pyrrole nitrogens is 1. The first-order valence-electron chi connectivity index (χ1n) is 8.75. The molecule has 0 spiro atoms. The minimum Gasteiger partial charge on any atom is -0.465 e. The lowest BCUT2D eigenvalue weighted by atomic mass is 10.1. The number of amides is 1. The van der Waals surface area contributed by atoms with Crippen molar-refractivity contribution in [2.45, 2.75) is 39.7 Å². The number of aromatic amines is 1. The summed E-state index contributed by atoms with van der Waals surface area (Å²) in [6.07, 6.45) is 3.78. The molecule has 0 radical (unpaired) electrons. The molecule has 1 aliphatic heterocycles. The molecule has 1 fully saturated rings. The zero-order valence-electron chi connectivity index (χ0n) is 15.3. The molecule has 26 heavy (non-hydrogen) atoms. The third-order valence-corrected chi connectivity index (χ3v) is 5.47. The van der Waals surface area contributed by atoms with Crippen molar-refractivity contribution >= 4 is 28.3 Å². The monoisotopic (exact) mass is 376 g/mol. The van der Waals surface area contributed by atoms with Gasteiger partial charge in [-0.2, -0.15) is 0 Å². The van der Waals surface area contributed by atoms with Gasteiger partial charge in [0.25, 0.3) is 5.91 Å².